The molecule has 0 N–H and O–H groups in total. The van der Waals surface area contributed by atoms with E-state index in [4.69, 9.17) is 16.6 Å². The van der Waals surface area contributed by atoms with Gasteiger partial charge in [0.2, 0.25) is 10.0 Å². The van der Waals surface area contributed by atoms with Gasteiger partial charge in [0.15, 0.2) is 4.80 Å². The molecule has 0 atom stereocenters. The van der Waals surface area contributed by atoms with Crippen molar-refractivity contribution in [3.63, 3.8) is 0 Å². The fraction of sp³-hybridized carbons (Fsp3) is 0.250. The molecule has 0 unspecified atom stereocenters. The molecule has 8 heteroatoms. The van der Waals surface area contributed by atoms with Crippen LogP contribution in [0.2, 0.25) is 5.02 Å². The van der Waals surface area contributed by atoms with Gasteiger partial charge in [0.25, 0.3) is 0 Å². The van der Waals surface area contributed by atoms with Crippen LogP contribution in [0.4, 0.5) is 5.69 Å². The fourth-order valence-electron chi connectivity index (χ4n) is 2.87. The van der Waals surface area contributed by atoms with E-state index in [-0.39, 0.29) is 9.92 Å². The average molecular weight is 436 g/mol. The van der Waals surface area contributed by atoms with Gasteiger partial charge in [0, 0.05) is 32.1 Å². The normalized spacial score (nSPS) is 12.8. The number of nitrogens with zero attached hydrogens (tertiary/aromatic N) is 3. The number of thiazole rings is 1. The summed E-state index contributed by atoms with van der Waals surface area (Å²) in [5.41, 5.74) is 4.83. The first-order valence-corrected chi connectivity index (χ1v) is 11.3. The SMILES string of the molecule is Cc1cccc(C)c1/N=c1/scc(-c2ccc(Cl)c(S(=O)(=O)N(C)C)c2)n1C. The summed E-state index contributed by atoms with van der Waals surface area (Å²) in [6.07, 6.45) is 0. The Bertz CT molecular complexity index is 1190. The first-order chi connectivity index (χ1) is 13.1. The average Bonchev–Trinajstić information content (AvgIpc) is 2.99. The number of para-hydroxylation sites is 1. The summed E-state index contributed by atoms with van der Waals surface area (Å²) in [5.74, 6) is 0. The van der Waals surface area contributed by atoms with Gasteiger partial charge in [-0.05, 0) is 37.1 Å². The van der Waals surface area contributed by atoms with Crippen molar-refractivity contribution in [2.24, 2.45) is 12.0 Å². The highest BCUT2D eigenvalue weighted by atomic mass is 35.5. The number of sulfonamides is 1. The van der Waals surface area contributed by atoms with Crippen LogP contribution in [0.25, 0.3) is 11.3 Å². The molecule has 0 spiro atoms. The molecule has 0 fully saturated rings. The van der Waals surface area contributed by atoms with E-state index in [1.807, 2.05) is 55.1 Å². The third-order valence-electron chi connectivity index (χ3n) is 4.56. The molecule has 0 saturated heterocycles. The minimum atomic E-state index is -3.63. The van der Waals surface area contributed by atoms with Gasteiger partial charge in [-0.25, -0.2) is 17.7 Å². The topological polar surface area (TPSA) is 54.7 Å². The summed E-state index contributed by atoms with van der Waals surface area (Å²) < 4.78 is 28.2. The van der Waals surface area contributed by atoms with Gasteiger partial charge in [-0.2, -0.15) is 0 Å². The summed E-state index contributed by atoms with van der Waals surface area (Å²) in [7, 11) is 1.27. The van der Waals surface area contributed by atoms with Gasteiger partial charge in [0.1, 0.15) is 4.90 Å². The predicted molar refractivity (Wildman–Crippen MR) is 116 cm³/mol. The minimum Gasteiger partial charge on any atom is -0.320 e. The molecule has 0 aliphatic carbocycles. The van der Waals surface area contributed by atoms with Gasteiger partial charge in [-0.15, -0.1) is 11.3 Å². The molecule has 1 heterocycles. The van der Waals surface area contributed by atoms with Crippen molar-refractivity contribution in [1.82, 2.24) is 8.87 Å². The molecule has 0 amide bonds. The van der Waals surface area contributed by atoms with E-state index in [1.54, 1.807) is 12.1 Å². The molecule has 0 bridgehead atoms. The Morgan fingerprint density at radius 1 is 1.11 bits per heavy atom. The van der Waals surface area contributed by atoms with Crippen LogP contribution in [0, 0.1) is 13.8 Å². The lowest BCUT2D eigenvalue weighted by molar-refractivity contribution is 0.521. The monoisotopic (exact) mass is 435 g/mol. The van der Waals surface area contributed by atoms with Crippen LogP contribution >= 0.6 is 22.9 Å². The Labute approximate surface area is 174 Å². The van der Waals surface area contributed by atoms with Crippen molar-refractivity contribution in [2.45, 2.75) is 18.7 Å². The summed E-state index contributed by atoms with van der Waals surface area (Å²) in [4.78, 5) is 5.76. The van der Waals surface area contributed by atoms with E-state index < -0.39 is 10.0 Å². The predicted octanol–water partition coefficient (Wildman–Crippen LogP) is 4.51. The maximum absolute atomic E-state index is 12.6. The van der Waals surface area contributed by atoms with Gasteiger partial charge in [-0.1, -0.05) is 35.9 Å². The Morgan fingerprint density at radius 3 is 2.36 bits per heavy atom. The van der Waals surface area contributed by atoms with Crippen molar-refractivity contribution in [3.05, 3.63) is 62.7 Å². The molecule has 0 radical (unpaired) electrons. The molecule has 3 rings (SSSR count). The number of benzene rings is 2. The lowest BCUT2D eigenvalue weighted by Crippen LogP contribution is -2.22. The summed E-state index contributed by atoms with van der Waals surface area (Å²) in [6.45, 7) is 4.08. The van der Waals surface area contributed by atoms with E-state index in [1.165, 1.54) is 25.4 Å². The Morgan fingerprint density at radius 2 is 1.75 bits per heavy atom. The van der Waals surface area contributed by atoms with Crippen molar-refractivity contribution < 1.29 is 8.42 Å². The third kappa shape index (κ3) is 3.80. The zero-order valence-electron chi connectivity index (χ0n) is 16.4. The largest absolute Gasteiger partial charge is 0.320 e. The van der Waals surface area contributed by atoms with Gasteiger partial charge in [0.05, 0.1) is 16.4 Å². The van der Waals surface area contributed by atoms with Crippen molar-refractivity contribution in [3.8, 4) is 11.3 Å². The van der Waals surface area contributed by atoms with Crippen LogP contribution in [-0.2, 0) is 17.1 Å². The van der Waals surface area contributed by atoms with Gasteiger partial charge >= 0.3 is 0 Å². The van der Waals surface area contributed by atoms with E-state index >= 15 is 0 Å². The van der Waals surface area contributed by atoms with Crippen LogP contribution in [0.15, 0.2) is 51.7 Å². The van der Waals surface area contributed by atoms with Crippen molar-refractivity contribution >= 4 is 38.6 Å². The fourth-order valence-corrected chi connectivity index (χ4v) is 5.17. The molecular weight excluding hydrogens is 414 g/mol. The van der Waals surface area contributed by atoms with Gasteiger partial charge in [-0.3, -0.25) is 0 Å². The molecular formula is C20H22ClN3O2S2. The maximum Gasteiger partial charge on any atom is 0.244 e. The minimum absolute atomic E-state index is 0.0936. The summed E-state index contributed by atoms with van der Waals surface area (Å²) >= 11 is 7.68. The Hall–Kier alpha value is -1.93. The van der Waals surface area contributed by atoms with E-state index in [0.29, 0.717) is 0 Å². The standard InChI is InChI=1S/C20H22ClN3O2S2/c1-13-7-6-8-14(2)19(13)22-20-24(5)17(12-27-20)15-9-10-16(21)18(11-15)28(25,26)23(3)4/h6-12H,1-5H3/b22-20+. The molecule has 28 heavy (non-hydrogen) atoms. The second kappa shape index (κ2) is 7.83. The Kier molecular flexibility index (Phi) is 5.82. The third-order valence-corrected chi connectivity index (χ3v) is 7.77. The maximum atomic E-state index is 12.6. The van der Waals surface area contributed by atoms with Crippen molar-refractivity contribution in [1.29, 1.82) is 0 Å². The molecule has 3 aromatic rings. The quantitative estimate of drug-likeness (QED) is 0.605. The lowest BCUT2D eigenvalue weighted by Gasteiger charge is -2.14. The highest BCUT2D eigenvalue weighted by molar-refractivity contribution is 7.89. The number of aryl methyl sites for hydroxylation is 2. The van der Waals surface area contributed by atoms with Crippen molar-refractivity contribution in [2.75, 3.05) is 14.1 Å². The summed E-state index contributed by atoms with van der Waals surface area (Å²) in [5, 5.41) is 2.18. The van der Waals surface area contributed by atoms with Crippen LogP contribution in [0.1, 0.15) is 11.1 Å². The Balaban J connectivity index is 2.15. The van der Waals surface area contributed by atoms with Gasteiger partial charge < -0.3 is 4.57 Å². The molecule has 148 valence electrons. The molecule has 5 nitrogen and oxygen atoms in total. The first kappa shape index (κ1) is 20.8. The summed E-state index contributed by atoms with van der Waals surface area (Å²) in [6, 6.07) is 11.2. The second-order valence-electron chi connectivity index (χ2n) is 6.75. The first-order valence-electron chi connectivity index (χ1n) is 8.61. The molecule has 2 aromatic carbocycles. The zero-order valence-corrected chi connectivity index (χ0v) is 18.8. The smallest absolute Gasteiger partial charge is 0.244 e. The lowest BCUT2D eigenvalue weighted by atomic mass is 10.1. The number of hydrogen-bond donors (Lipinski definition) is 0. The van der Waals surface area contributed by atoms with E-state index in [0.717, 1.165) is 37.2 Å². The van der Waals surface area contributed by atoms with Crippen LogP contribution in [0.3, 0.4) is 0 Å². The van der Waals surface area contributed by atoms with E-state index in [2.05, 4.69) is 0 Å². The van der Waals surface area contributed by atoms with E-state index in [9.17, 15) is 8.42 Å². The number of aromatic nitrogens is 1. The molecule has 1 aromatic heterocycles. The molecule has 0 aliphatic heterocycles. The highest BCUT2D eigenvalue weighted by Gasteiger charge is 2.22. The second-order valence-corrected chi connectivity index (χ2v) is 10.1. The number of halogens is 1. The molecule has 0 saturated carbocycles. The number of rotatable bonds is 4. The molecule has 0 aliphatic rings. The zero-order chi connectivity index (χ0) is 20.6. The van der Waals surface area contributed by atoms with Crippen LogP contribution in [-0.4, -0.2) is 31.4 Å². The van der Waals surface area contributed by atoms with Crippen LogP contribution < -0.4 is 4.80 Å². The highest BCUT2D eigenvalue weighted by Crippen LogP contribution is 2.30. The number of hydrogen-bond acceptors (Lipinski definition) is 4. The van der Waals surface area contributed by atoms with Crippen LogP contribution in [0.5, 0.6) is 0 Å².